The second kappa shape index (κ2) is 9.36. The van der Waals surface area contributed by atoms with E-state index >= 15 is 0 Å². The summed E-state index contributed by atoms with van der Waals surface area (Å²) in [7, 11) is 0. The summed E-state index contributed by atoms with van der Waals surface area (Å²) in [6.45, 7) is 2.39. The van der Waals surface area contributed by atoms with Gasteiger partial charge in [-0.2, -0.15) is 0 Å². The van der Waals surface area contributed by atoms with Crippen molar-refractivity contribution in [2.75, 3.05) is 0 Å². The first-order valence-electron chi connectivity index (χ1n) is 10.3. The Balaban J connectivity index is 1.56. The van der Waals surface area contributed by atoms with Crippen LogP contribution in [0.2, 0.25) is 0 Å². The Bertz CT molecular complexity index is 1150. The van der Waals surface area contributed by atoms with Gasteiger partial charge in [0, 0.05) is 24.4 Å². The van der Waals surface area contributed by atoms with Gasteiger partial charge in [-0.05, 0) is 53.8 Å². The Labute approximate surface area is 177 Å². The smallest absolute Gasteiger partial charge is 0.167 e. The second-order valence-electron chi connectivity index (χ2n) is 7.58. The van der Waals surface area contributed by atoms with E-state index in [1.165, 1.54) is 5.56 Å². The van der Waals surface area contributed by atoms with Gasteiger partial charge in [0.05, 0.1) is 5.56 Å². The van der Waals surface area contributed by atoms with Crippen molar-refractivity contribution in [3.63, 3.8) is 0 Å². The molecule has 4 aromatic rings. The molecule has 0 unspecified atom stereocenters. The predicted molar refractivity (Wildman–Crippen MR) is 121 cm³/mol. The molecule has 0 aliphatic rings. The van der Waals surface area contributed by atoms with Crippen LogP contribution < -0.4 is 4.74 Å². The van der Waals surface area contributed by atoms with E-state index in [2.05, 4.69) is 23.2 Å². The van der Waals surface area contributed by atoms with E-state index in [1.54, 1.807) is 6.20 Å². The van der Waals surface area contributed by atoms with Gasteiger partial charge < -0.3 is 4.74 Å². The Morgan fingerprint density at radius 1 is 0.900 bits per heavy atom. The Hall–Kier alpha value is -3.46. The molecule has 0 N–H and O–H groups in total. The van der Waals surface area contributed by atoms with E-state index in [1.807, 2.05) is 67.7 Å². The van der Waals surface area contributed by atoms with Crippen LogP contribution in [0.15, 0.2) is 85.2 Å². The number of rotatable bonds is 8. The number of carbonyl (C=O) groups excluding carboxylic acids is 1. The molecule has 0 saturated heterocycles. The summed E-state index contributed by atoms with van der Waals surface area (Å²) < 4.78 is 6.11. The first kappa shape index (κ1) is 19.8. The lowest BCUT2D eigenvalue weighted by Crippen LogP contribution is -2.06. The first-order valence-corrected chi connectivity index (χ1v) is 10.3. The Morgan fingerprint density at radius 3 is 2.53 bits per heavy atom. The third-order valence-corrected chi connectivity index (χ3v) is 5.21. The molecule has 1 heterocycles. The van der Waals surface area contributed by atoms with E-state index in [-0.39, 0.29) is 5.78 Å². The highest BCUT2D eigenvalue weighted by Crippen LogP contribution is 2.30. The topological polar surface area (TPSA) is 39.2 Å². The predicted octanol–water partition coefficient (Wildman–Crippen LogP) is 6.33. The van der Waals surface area contributed by atoms with Gasteiger partial charge in [0.25, 0.3) is 0 Å². The number of nitrogens with zero attached hydrogens (tertiary/aromatic N) is 1. The number of carbonyl (C=O) groups is 1. The summed E-state index contributed by atoms with van der Waals surface area (Å²) in [6.07, 6.45) is 5.82. The highest BCUT2D eigenvalue weighted by atomic mass is 16.5. The lowest BCUT2D eigenvalue weighted by Gasteiger charge is -2.14. The Kier molecular flexibility index (Phi) is 6.19. The van der Waals surface area contributed by atoms with Crippen molar-refractivity contribution in [1.29, 1.82) is 0 Å². The zero-order valence-electron chi connectivity index (χ0n) is 17.2. The molecule has 0 fully saturated rings. The monoisotopic (exact) mass is 395 g/mol. The van der Waals surface area contributed by atoms with Crippen molar-refractivity contribution < 1.29 is 9.53 Å². The number of ether oxygens (including phenoxy) is 1. The number of hydrogen-bond donors (Lipinski definition) is 0. The SMILES string of the molecule is Cc1cncc(COc2ccc3ccccc3c2C(=O)CCCc2ccccc2)c1. The number of benzene rings is 3. The van der Waals surface area contributed by atoms with Gasteiger partial charge in [-0.1, -0.05) is 60.7 Å². The fourth-order valence-electron chi connectivity index (χ4n) is 3.74. The second-order valence-corrected chi connectivity index (χ2v) is 7.58. The van der Waals surface area contributed by atoms with Crippen LogP contribution in [0.1, 0.15) is 39.9 Å². The lowest BCUT2D eigenvalue weighted by molar-refractivity contribution is 0.0977. The van der Waals surface area contributed by atoms with Gasteiger partial charge in [0.1, 0.15) is 12.4 Å². The fraction of sp³-hybridized carbons (Fsp3) is 0.185. The van der Waals surface area contributed by atoms with E-state index in [4.69, 9.17) is 4.74 Å². The van der Waals surface area contributed by atoms with E-state index < -0.39 is 0 Å². The normalized spacial score (nSPS) is 10.8. The van der Waals surface area contributed by atoms with Gasteiger partial charge in [0.2, 0.25) is 0 Å². The van der Waals surface area contributed by atoms with Crippen molar-refractivity contribution in [2.45, 2.75) is 32.8 Å². The summed E-state index contributed by atoms with van der Waals surface area (Å²) in [4.78, 5) is 17.5. The van der Waals surface area contributed by atoms with Crippen LogP contribution in [0.4, 0.5) is 0 Å². The van der Waals surface area contributed by atoms with Gasteiger partial charge in [-0.25, -0.2) is 0 Å². The summed E-state index contributed by atoms with van der Waals surface area (Å²) in [5, 5.41) is 2.00. The summed E-state index contributed by atoms with van der Waals surface area (Å²) in [5.41, 5.74) is 4.02. The minimum Gasteiger partial charge on any atom is -0.488 e. The van der Waals surface area contributed by atoms with Crippen LogP contribution >= 0.6 is 0 Å². The number of hydrogen-bond acceptors (Lipinski definition) is 3. The molecule has 30 heavy (non-hydrogen) atoms. The molecule has 0 atom stereocenters. The van der Waals surface area contributed by atoms with Crippen LogP contribution in [-0.2, 0) is 13.0 Å². The molecular formula is C27H25NO2. The maximum absolute atomic E-state index is 13.2. The minimum absolute atomic E-state index is 0.125. The van der Waals surface area contributed by atoms with Gasteiger partial charge in [-0.15, -0.1) is 0 Å². The van der Waals surface area contributed by atoms with Crippen LogP contribution in [0.25, 0.3) is 10.8 Å². The molecule has 0 amide bonds. The Morgan fingerprint density at radius 2 is 1.70 bits per heavy atom. The quantitative estimate of drug-likeness (QED) is 0.327. The third kappa shape index (κ3) is 4.74. The number of fused-ring (bicyclic) bond motifs is 1. The number of ketones is 1. The summed E-state index contributed by atoms with van der Waals surface area (Å²) >= 11 is 0. The molecular weight excluding hydrogens is 370 g/mol. The zero-order valence-corrected chi connectivity index (χ0v) is 17.2. The lowest BCUT2D eigenvalue weighted by atomic mass is 9.96. The van der Waals surface area contributed by atoms with E-state index in [0.29, 0.717) is 24.3 Å². The van der Waals surface area contributed by atoms with Crippen molar-refractivity contribution >= 4 is 16.6 Å². The van der Waals surface area contributed by atoms with Crippen LogP contribution in [0.5, 0.6) is 5.75 Å². The van der Waals surface area contributed by atoms with Crippen LogP contribution in [0, 0.1) is 6.92 Å². The third-order valence-electron chi connectivity index (χ3n) is 5.21. The average molecular weight is 396 g/mol. The minimum atomic E-state index is 0.125. The summed E-state index contributed by atoms with van der Waals surface area (Å²) in [6, 6.07) is 24.3. The van der Waals surface area contributed by atoms with Crippen molar-refractivity contribution in [3.8, 4) is 5.75 Å². The average Bonchev–Trinajstić information content (AvgIpc) is 2.78. The van der Waals surface area contributed by atoms with Gasteiger partial charge >= 0.3 is 0 Å². The van der Waals surface area contributed by atoms with Gasteiger partial charge in [0.15, 0.2) is 5.78 Å². The molecule has 0 aliphatic carbocycles. The van der Waals surface area contributed by atoms with Gasteiger partial charge in [-0.3, -0.25) is 9.78 Å². The number of Topliss-reactive ketones (excluding diaryl/α,β-unsaturated/α-hetero) is 1. The van der Waals surface area contributed by atoms with Crippen molar-refractivity contribution in [3.05, 3.63) is 107 Å². The number of aryl methyl sites for hydroxylation is 2. The fourth-order valence-corrected chi connectivity index (χ4v) is 3.74. The highest BCUT2D eigenvalue weighted by molar-refractivity contribution is 6.10. The zero-order chi connectivity index (χ0) is 20.8. The molecule has 0 saturated carbocycles. The molecule has 0 aliphatic heterocycles. The molecule has 0 spiro atoms. The number of pyridine rings is 1. The molecule has 3 heteroatoms. The largest absolute Gasteiger partial charge is 0.488 e. The molecule has 0 radical (unpaired) electrons. The molecule has 1 aromatic heterocycles. The molecule has 3 aromatic carbocycles. The first-order chi connectivity index (χ1) is 14.7. The maximum Gasteiger partial charge on any atom is 0.167 e. The van der Waals surface area contributed by atoms with E-state index in [0.717, 1.165) is 34.7 Å². The summed E-state index contributed by atoms with van der Waals surface area (Å²) in [5.74, 6) is 0.764. The standard InChI is InChI=1S/C27H25NO2/c1-20-16-22(18-28-17-20)19-30-26-15-14-23-11-5-6-12-24(23)27(26)25(29)13-7-10-21-8-3-2-4-9-21/h2-6,8-9,11-12,14-18H,7,10,13,19H2,1H3. The maximum atomic E-state index is 13.2. The molecule has 150 valence electrons. The molecule has 0 bridgehead atoms. The van der Waals surface area contributed by atoms with E-state index in [9.17, 15) is 4.79 Å². The van der Waals surface area contributed by atoms with Crippen molar-refractivity contribution in [2.24, 2.45) is 0 Å². The highest BCUT2D eigenvalue weighted by Gasteiger charge is 2.17. The van der Waals surface area contributed by atoms with Crippen LogP contribution in [0.3, 0.4) is 0 Å². The van der Waals surface area contributed by atoms with Crippen LogP contribution in [-0.4, -0.2) is 10.8 Å². The molecule has 3 nitrogen and oxygen atoms in total. The molecule has 4 rings (SSSR count). The number of aromatic nitrogens is 1. The van der Waals surface area contributed by atoms with Crippen molar-refractivity contribution in [1.82, 2.24) is 4.98 Å².